The van der Waals surface area contributed by atoms with Gasteiger partial charge in [0.05, 0.1) is 13.2 Å². The number of aromatic nitrogens is 3. The molecule has 0 saturated carbocycles. The van der Waals surface area contributed by atoms with Crippen LogP contribution in [-0.2, 0) is 4.74 Å². The Bertz CT molecular complexity index is 963. The Hall–Kier alpha value is -2.51. The molecule has 1 fully saturated rings. The molecule has 3 aromatic rings. The fourth-order valence-corrected chi connectivity index (χ4v) is 3.16. The first-order chi connectivity index (χ1) is 12.6. The van der Waals surface area contributed by atoms with Crippen LogP contribution in [-0.4, -0.2) is 45.7 Å². The second kappa shape index (κ2) is 6.66. The van der Waals surface area contributed by atoms with Crippen LogP contribution >= 0.6 is 11.6 Å². The van der Waals surface area contributed by atoms with Crippen molar-refractivity contribution in [1.29, 1.82) is 0 Å². The lowest BCUT2D eigenvalue weighted by atomic mass is 10.0. The standard InChI is InChI=1S/C18H16ClFN4O2/c19-11-1-2-13(15(25)7-11)16-12-3-5-21-8-14(12)17(24-23-16)22-9-18(20)4-6-26-10-18/h1-3,5,7-8,25H,4,6,9-10H2,(H,22,24)/t18-/m1/s1. The number of phenols is 1. The molecule has 3 heterocycles. The van der Waals surface area contributed by atoms with Crippen LogP contribution in [0, 0.1) is 0 Å². The van der Waals surface area contributed by atoms with Crippen molar-refractivity contribution < 1.29 is 14.2 Å². The SMILES string of the molecule is Oc1cc(Cl)ccc1-c1nnc(NC[C@]2(F)CCOC2)c2cnccc12. The van der Waals surface area contributed by atoms with Crippen LogP contribution in [0.4, 0.5) is 10.2 Å². The van der Waals surface area contributed by atoms with Crippen molar-refractivity contribution in [3.05, 3.63) is 41.7 Å². The van der Waals surface area contributed by atoms with Gasteiger partial charge in [0.1, 0.15) is 11.4 Å². The van der Waals surface area contributed by atoms with Crippen molar-refractivity contribution >= 4 is 28.2 Å². The maximum Gasteiger partial charge on any atom is 0.158 e. The van der Waals surface area contributed by atoms with E-state index >= 15 is 0 Å². The molecule has 8 heteroatoms. The maximum absolute atomic E-state index is 14.5. The lowest BCUT2D eigenvalue weighted by Crippen LogP contribution is -2.32. The summed E-state index contributed by atoms with van der Waals surface area (Å²) in [6.45, 7) is 0.568. The number of fused-ring (bicyclic) bond motifs is 1. The fourth-order valence-electron chi connectivity index (χ4n) is 3.00. The molecule has 2 N–H and O–H groups in total. The number of ether oxygens (including phenoxy) is 1. The molecule has 1 aliphatic rings. The fraction of sp³-hybridized carbons (Fsp3) is 0.278. The van der Waals surface area contributed by atoms with Gasteiger partial charge in [-0.25, -0.2) is 4.39 Å². The summed E-state index contributed by atoms with van der Waals surface area (Å²) in [4.78, 5) is 4.13. The molecule has 4 rings (SSSR count). The number of hydrogen-bond donors (Lipinski definition) is 2. The zero-order valence-electron chi connectivity index (χ0n) is 13.7. The van der Waals surface area contributed by atoms with E-state index < -0.39 is 5.67 Å². The number of rotatable bonds is 4. The number of aromatic hydroxyl groups is 1. The van der Waals surface area contributed by atoms with E-state index in [4.69, 9.17) is 16.3 Å². The molecule has 1 atom stereocenters. The lowest BCUT2D eigenvalue weighted by Gasteiger charge is -2.19. The molecule has 1 aromatic carbocycles. The smallest absolute Gasteiger partial charge is 0.158 e. The monoisotopic (exact) mass is 374 g/mol. The van der Waals surface area contributed by atoms with Crippen molar-refractivity contribution in [3.63, 3.8) is 0 Å². The Morgan fingerprint density at radius 3 is 2.92 bits per heavy atom. The quantitative estimate of drug-likeness (QED) is 0.726. The van der Waals surface area contributed by atoms with Gasteiger partial charge in [-0.2, -0.15) is 0 Å². The zero-order valence-corrected chi connectivity index (χ0v) is 14.5. The van der Waals surface area contributed by atoms with Crippen molar-refractivity contribution in [1.82, 2.24) is 15.2 Å². The summed E-state index contributed by atoms with van der Waals surface area (Å²) in [6, 6.07) is 6.58. The highest BCUT2D eigenvalue weighted by Crippen LogP contribution is 2.35. The highest BCUT2D eigenvalue weighted by atomic mass is 35.5. The molecular weight excluding hydrogens is 359 g/mol. The number of nitrogens with zero attached hydrogens (tertiary/aromatic N) is 3. The summed E-state index contributed by atoms with van der Waals surface area (Å²) in [5, 5.41) is 23.5. The molecular formula is C18H16ClFN4O2. The Morgan fingerprint density at radius 1 is 1.27 bits per heavy atom. The minimum absolute atomic E-state index is 0.0106. The number of hydrogen-bond acceptors (Lipinski definition) is 6. The van der Waals surface area contributed by atoms with Gasteiger partial charge >= 0.3 is 0 Å². The minimum atomic E-state index is -1.41. The Balaban J connectivity index is 1.73. The van der Waals surface area contributed by atoms with E-state index in [1.54, 1.807) is 30.6 Å². The molecule has 0 unspecified atom stereocenters. The first kappa shape index (κ1) is 16.9. The average Bonchev–Trinajstić information content (AvgIpc) is 3.07. The molecule has 0 bridgehead atoms. The molecule has 1 aliphatic heterocycles. The van der Waals surface area contributed by atoms with Gasteiger partial charge in [0, 0.05) is 46.8 Å². The van der Waals surface area contributed by atoms with E-state index in [0.29, 0.717) is 40.5 Å². The number of pyridine rings is 1. The molecule has 2 aromatic heterocycles. The van der Waals surface area contributed by atoms with Crippen LogP contribution in [0.2, 0.25) is 5.02 Å². The van der Waals surface area contributed by atoms with Crippen molar-refractivity contribution in [3.8, 4) is 17.0 Å². The normalized spacial score (nSPS) is 19.8. The van der Waals surface area contributed by atoms with Crippen molar-refractivity contribution in [2.24, 2.45) is 0 Å². The second-order valence-electron chi connectivity index (χ2n) is 6.29. The Morgan fingerprint density at radius 2 is 2.15 bits per heavy atom. The van der Waals surface area contributed by atoms with Gasteiger partial charge in [-0.1, -0.05) is 11.6 Å². The third kappa shape index (κ3) is 3.15. The van der Waals surface area contributed by atoms with Crippen LogP contribution in [0.25, 0.3) is 22.0 Å². The van der Waals surface area contributed by atoms with E-state index in [1.165, 1.54) is 6.07 Å². The molecule has 0 radical (unpaired) electrons. The first-order valence-electron chi connectivity index (χ1n) is 8.16. The van der Waals surface area contributed by atoms with Gasteiger partial charge in [0.2, 0.25) is 0 Å². The predicted molar refractivity (Wildman–Crippen MR) is 97.2 cm³/mol. The number of nitrogens with one attached hydrogen (secondary N) is 1. The van der Waals surface area contributed by atoms with Gasteiger partial charge in [-0.15, -0.1) is 10.2 Å². The molecule has 26 heavy (non-hydrogen) atoms. The maximum atomic E-state index is 14.5. The zero-order chi connectivity index (χ0) is 18.1. The van der Waals surface area contributed by atoms with Gasteiger partial charge in [0.25, 0.3) is 0 Å². The summed E-state index contributed by atoms with van der Waals surface area (Å²) >= 11 is 5.90. The van der Waals surface area contributed by atoms with Crippen LogP contribution in [0.5, 0.6) is 5.75 Å². The topological polar surface area (TPSA) is 80.2 Å². The number of benzene rings is 1. The van der Waals surface area contributed by atoms with Crippen LogP contribution in [0.15, 0.2) is 36.7 Å². The number of alkyl halides is 1. The molecule has 134 valence electrons. The van der Waals surface area contributed by atoms with Crippen molar-refractivity contribution in [2.75, 3.05) is 25.1 Å². The molecule has 0 amide bonds. The van der Waals surface area contributed by atoms with E-state index in [0.717, 1.165) is 5.39 Å². The second-order valence-corrected chi connectivity index (χ2v) is 6.72. The summed E-state index contributed by atoms with van der Waals surface area (Å²) in [5.41, 5.74) is -0.402. The van der Waals surface area contributed by atoms with E-state index in [1.807, 2.05) is 0 Å². The van der Waals surface area contributed by atoms with Crippen LogP contribution in [0.3, 0.4) is 0 Å². The lowest BCUT2D eigenvalue weighted by molar-refractivity contribution is 0.121. The summed E-state index contributed by atoms with van der Waals surface area (Å²) in [6.07, 6.45) is 3.62. The first-order valence-corrected chi connectivity index (χ1v) is 8.53. The third-order valence-electron chi connectivity index (χ3n) is 4.42. The Kier molecular flexibility index (Phi) is 4.34. The molecule has 0 aliphatic carbocycles. The van der Waals surface area contributed by atoms with E-state index in [2.05, 4.69) is 20.5 Å². The van der Waals surface area contributed by atoms with Crippen LogP contribution < -0.4 is 5.32 Å². The van der Waals surface area contributed by atoms with Gasteiger partial charge in [-0.3, -0.25) is 4.98 Å². The largest absolute Gasteiger partial charge is 0.507 e. The average molecular weight is 375 g/mol. The minimum Gasteiger partial charge on any atom is -0.507 e. The number of anilines is 1. The molecule has 6 nitrogen and oxygen atoms in total. The summed E-state index contributed by atoms with van der Waals surface area (Å²) in [5.74, 6) is 0.450. The summed E-state index contributed by atoms with van der Waals surface area (Å²) < 4.78 is 19.7. The van der Waals surface area contributed by atoms with Crippen LogP contribution in [0.1, 0.15) is 6.42 Å². The van der Waals surface area contributed by atoms with E-state index in [-0.39, 0.29) is 18.9 Å². The molecule has 1 saturated heterocycles. The van der Waals surface area contributed by atoms with Gasteiger partial charge in [-0.05, 0) is 24.3 Å². The predicted octanol–water partition coefficient (Wildman–Crippen LogP) is 3.59. The molecule has 0 spiro atoms. The van der Waals surface area contributed by atoms with Crippen molar-refractivity contribution in [2.45, 2.75) is 12.1 Å². The van der Waals surface area contributed by atoms with Gasteiger partial charge < -0.3 is 15.2 Å². The third-order valence-corrected chi connectivity index (χ3v) is 4.66. The Labute approximate surface area is 154 Å². The highest BCUT2D eigenvalue weighted by molar-refractivity contribution is 6.30. The van der Waals surface area contributed by atoms with E-state index in [9.17, 15) is 9.50 Å². The summed E-state index contributed by atoms with van der Waals surface area (Å²) in [7, 11) is 0. The number of halogens is 2. The number of phenolic OH excluding ortho intramolecular Hbond substituents is 1. The van der Waals surface area contributed by atoms with Gasteiger partial charge in [0.15, 0.2) is 11.5 Å². The highest BCUT2D eigenvalue weighted by Gasteiger charge is 2.34.